The van der Waals surface area contributed by atoms with E-state index in [1.807, 2.05) is 24.3 Å². The number of hydrogen-bond donors (Lipinski definition) is 3. The average Bonchev–Trinajstić information content (AvgIpc) is 2.86. The minimum absolute atomic E-state index is 0. The van der Waals surface area contributed by atoms with Gasteiger partial charge in [-0.05, 0) is 17.7 Å². The van der Waals surface area contributed by atoms with Crippen molar-refractivity contribution in [1.29, 1.82) is 0 Å². The van der Waals surface area contributed by atoms with Crippen LogP contribution in [0, 0.1) is 0 Å². The van der Waals surface area contributed by atoms with Gasteiger partial charge in [0.05, 0.1) is 11.1 Å². The lowest BCUT2D eigenvalue weighted by Gasteiger charge is -2.12. The number of halogens is 2. The second-order valence-corrected chi connectivity index (χ2v) is 5.50. The number of benzene rings is 2. The van der Waals surface area contributed by atoms with Crippen LogP contribution in [-0.4, -0.2) is 29.0 Å². The number of phenolic OH excluding ortho intramolecular Hbond substituents is 1. The van der Waals surface area contributed by atoms with Crippen molar-refractivity contribution in [3.8, 4) is 16.9 Å². The van der Waals surface area contributed by atoms with E-state index in [9.17, 15) is 9.90 Å². The fourth-order valence-electron chi connectivity index (χ4n) is 3.11. The SMILES string of the molecule is Cl.Cl.NCCNc1nc2cc(O)ccc2c2c1C(=O)c1ccccc1-2. The molecule has 25 heavy (non-hydrogen) atoms. The van der Waals surface area contributed by atoms with E-state index < -0.39 is 0 Å². The number of anilines is 1. The van der Waals surface area contributed by atoms with Crippen molar-refractivity contribution in [2.45, 2.75) is 0 Å². The summed E-state index contributed by atoms with van der Waals surface area (Å²) in [6.07, 6.45) is 0. The summed E-state index contributed by atoms with van der Waals surface area (Å²) < 4.78 is 0. The van der Waals surface area contributed by atoms with Gasteiger partial charge in [0.25, 0.3) is 0 Å². The molecule has 4 N–H and O–H groups in total. The summed E-state index contributed by atoms with van der Waals surface area (Å²) in [4.78, 5) is 17.4. The number of hydrogen-bond acceptors (Lipinski definition) is 5. The van der Waals surface area contributed by atoms with Crippen LogP contribution in [0.5, 0.6) is 5.75 Å². The van der Waals surface area contributed by atoms with Gasteiger partial charge >= 0.3 is 0 Å². The van der Waals surface area contributed by atoms with Crippen LogP contribution in [0.15, 0.2) is 42.5 Å². The Morgan fingerprint density at radius 3 is 2.48 bits per heavy atom. The molecule has 0 saturated heterocycles. The number of aromatic nitrogens is 1. The molecule has 0 unspecified atom stereocenters. The lowest BCUT2D eigenvalue weighted by atomic mass is 10.0. The maximum Gasteiger partial charge on any atom is 0.198 e. The molecule has 1 heterocycles. The topological polar surface area (TPSA) is 88.2 Å². The summed E-state index contributed by atoms with van der Waals surface area (Å²) in [6.45, 7) is 0.961. The average molecular weight is 378 g/mol. The van der Waals surface area contributed by atoms with Crippen LogP contribution < -0.4 is 11.1 Å². The van der Waals surface area contributed by atoms with Crippen LogP contribution in [0.4, 0.5) is 5.82 Å². The largest absolute Gasteiger partial charge is 0.508 e. The maximum atomic E-state index is 12.8. The summed E-state index contributed by atoms with van der Waals surface area (Å²) >= 11 is 0. The van der Waals surface area contributed by atoms with E-state index in [0.717, 1.165) is 16.5 Å². The molecule has 0 fully saturated rings. The summed E-state index contributed by atoms with van der Waals surface area (Å²) in [5.41, 5.74) is 9.25. The van der Waals surface area contributed by atoms with Gasteiger partial charge in [0.15, 0.2) is 5.78 Å². The quantitative estimate of drug-likeness (QED) is 0.509. The molecule has 3 aromatic rings. The van der Waals surface area contributed by atoms with Crippen molar-refractivity contribution in [3.63, 3.8) is 0 Å². The van der Waals surface area contributed by atoms with Crippen molar-refractivity contribution in [2.24, 2.45) is 5.73 Å². The van der Waals surface area contributed by atoms with Crippen LogP contribution >= 0.6 is 24.8 Å². The molecule has 1 aliphatic rings. The number of nitrogens with zero attached hydrogens (tertiary/aromatic N) is 1. The number of carbonyl (C=O) groups is 1. The molecule has 0 saturated carbocycles. The minimum Gasteiger partial charge on any atom is -0.508 e. The number of pyridine rings is 1. The summed E-state index contributed by atoms with van der Waals surface area (Å²) in [5.74, 6) is 0.634. The van der Waals surface area contributed by atoms with E-state index in [0.29, 0.717) is 35.6 Å². The standard InChI is InChI=1S/C18H15N3O2.2ClH/c19-7-8-20-18-16-15(11-3-1-2-4-12(11)17(16)23)13-6-5-10(22)9-14(13)21-18;;/h1-6,9,22H,7-8,19H2,(H,20,21);2*1H. The third-order valence-electron chi connectivity index (χ3n) is 4.07. The van der Waals surface area contributed by atoms with Gasteiger partial charge in [0.2, 0.25) is 0 Å². The number of nitrogens with one attached hydrogen (secondary N) is 1. The Hall–Kier alpha value is -2.34. The smallest absolute Gasteiger partial charge is 0.198 e. The van der Waals surface area contributed by atoms with Gasteiger partial charge in [-0.1, -0.05) is 24.3 Å². The number of nitrogens with two attached hydrogens (primary N) is 1. The monoisotopic (exact) mass is 377 g/mol. The van der Waals surface area contributed by atoms with Crippen molar-refractivity contribution in [1.82, 2.24) is 4.98 Å². The number of carbonyl (C=O) groups excluding carboxylic acids is 1. The van der Waals surface area contributed by atoms with Gasteiger partial charge in [-0.15, -0.1) is 24.8 Å². The van der Waals surface area contributed by atoms with E-state index in [-0.39, 0.29) is 36.3 Å². The van der Waals surface area contributed by atoms with Gasteiger partial charge in [-0.25, -0.2) is 4.98 Å². The first kappa shape index (κ1) is 19.0. The van der Waals surface area contributed by atoms with Crippen LogP contribution in [0.3, 0.4) is 0 Å². The Labute approximate surface area is 157 Å². The molecule has 0 atom stereocenters. The fourth-order valence-corrected chi connectivity index (χ4v) is 3.11. The Bertz CT molecular complexity index is 960. The number of rotatable bonds is 3. The van der Waals surface area contributed by atoms with Crippen molar-refractivity contribution in [2.75, 3.05) is 18.4 Å². The van der Waals surface area contributed by atoms with Crippen molar-refractivity contribution >= 4 is 47.3 Å². The van der Waals surface area contributed by atoms with Crippen LogP contribution in [0.1, 0.15) is 15.9 Å². The Kier molecular flexibility index (Phi) is 5.52. The molecule has 1 aromatic heterocycles. The fraction of sp³-hybridized carbons (Fsp3) is 0.111. The molecule has 1 aliphatic carbocycles. The highest BCUT2D eigenvalue weighted by Gasteiger charge is 2.31. The molecule has 130 valence electrons. The Morgan fingerprint density at radius 1 is 1.04 bits per heavy atom. The second-order valence-electron chi connectivity index (χ2n) is 5.50. The highest BCUT2D eigenvalue weighted by molar-refractivity contribution is 6.28. The summed E-state index contributed by atoms with van der Waals surface area (Å²) in [6, 6.07) is 12.6. The predicted molar refractivity (Wildman–Crippen MR) is 104 cm³/mol. The molecule has 0 bridgehead atoms. The third kappa shape index (κ3) is 2.91. The highest BCUT2D eigenvalue weighted by atomic mass is 35.5. The van der Waals surface area contributed by atoms with Gasteiger partial charge in [-0.2, -0.15) is 0 Å². The second kappa shape index (κ2) is 7.27. The molecule has 0 radical (unpaired) electrons. The highest BCUT2D eigenvalue weighted by Crippen LogP contribution is 2.44. The summed E-state index contributed by atoms with van der Waals surface area (Å²) in [5, 5.41) is 13.7. The third-order valence-corrected chi connectivity index (χ3v) is 4.07. The number of aromatic hydroxyl groups is 1. The maximum absolute atomic E-state index is 12.8. The zero-order valence-corrected chi connectivity index (χ0v) is 14.8. The molecular weight excluding hydrogens is 361 g/mol. The summed E-state index contributed by atoms with van der Waals surface area (Å²) in [7, 11) is 0. The van der Waals surface area contributed by atoms with Crippen LogP contribution in [-0.2, 0) is 0 Å². The van der Waals surface area contributed by atoms with Gasteiger partial charge < -0.3 is 16.2 Å². The molecule has 0 aliphatic heterocycles. The zero-order valence-electron chi connectivity index (χ0n) is 13.2. The van der Waals surface area contributed by atoms with E-state index in [1.54, 1.807) is 18.2 Å². The number of ketones is 1. The van der Waals surface area contributed by atoms with Crippen LogP contribution in [0.25, 0.3) is 22.0 Å². The van der Waals surface area contributed by atoms with Gasteiger partial charge in [0.1, 0.15) is 11.6 Å². The number of phenols is 1. The molecule has 2 aromatic carbocycles. The van der Waals surface area contributed by atoms with Crippen LogP contribution in [0.2, 0.25) is 0 Å². The first-order chi connectivity index (χ1) is 11.2. The molecule has 0 spiro atoms. The molecule has 4 rings (SSSR count). The van der Waals surface area contributed by atoms with E-state index in [2.05, 4.69) is 10.3 Å². The van der Waals surface area contributed by atoms with E-state index in [4.69, 9.17) is 5.73 Å². The Morgan fingerprint density at radius 2 is 1.76 bits per heavy atom. The lowest BCUT2D eigenvalue weighted by molar-refractivity contribution is 0.104. The van der Waals surface area contributed by atoms with Crippen molar-refractivity contribution in [3.05, 3.63) is 53.6 Å². The van der Waals surface area contributed by atoms with E-state index in [1.165, 1.54) is 0 Å². The number of fused-ring (bicyclic) bond motifs is 5. The Balaban J connectivity index is 0.00000113. The first-order valence-electron chi connectivity index (χ1n) is 7.45. The molecular formula is C18H17Cl2N3O2. The molecule has 7 heteroatoms. The normalized spacial score (nSPS) is 11.3. The first-order valence-corrected chi connectivity index (χ1v) is 7.45. The predicted octanol–water partition coefficient (Wildman–Crippen LogP) is 3.37. The van der Waals surface area contributed by atoms with Gasteiger partial charge in [-0.3, -0.25) is 4.79 Å². The van der Waals surface area contributed by atoms with Gasteiger partial charge in [0, 0.05) is 35.7 Å². The van der Waals surface area contributed by atoms with E-state index >= 15 is 0 Å². The molecule has 0 amide bonds. The minimum atomic E-state index is -0.0300. The lowest BCUT2D eigenvalue weighted by Crippen LogP contribution is -2.16. The van der Waals surface area contributed by atoms with Crippen molar-refractivity contribution < 1.29 is 9.90 Å². The molecule has 5 nitrogen and oxygen atoms in total. The zero-order chi connectivity index (χ0) is 16.0.